The molecule has 3 aromatic rings. The molecular formula is C25H32N4O6S. The molecule has 0 aliphatic carbocycles. The largest absolute Gasteiger partial charge is 0.464 e. The number of imidazole rings is 1. The molecular weight excluding hydrogens is 484 g/mol. The van der Waals surface area contributed by atoms with Gasteiger partial charge in [0, 0.05) is 12.6 Å². The number of amides is 1. The molecule has 1 aromatic carbocycles. The minimum atomic E-state index is -4.43. The van der Waals surface area contributed by atoms with E-state index in [0.29, 0.717) is 10.7 Å². The maximum Gasteiger partial charge on any atom is 0.424 e. The number of carbonyl (C=O) groups is 2. The Labute approximate surface area is 211 Å². The van der Waals surface area contributed by atoms with E-state index in [1.807, 2.05) is 26.8 Å². The lowest BCUT2D eigenvalue weighted by atomic mass is 10.0. The molecule has 0 radical (unpaired) electrons. The Balaban J connectivity index is 1.95. The van der Waals surface area contributed by atoms with Gasteiger partial charge in [-0.3, -0.25) is 4.98 Å². The smallest absolute Gasteiger partial charge is 0.424 e. The van der Waals surface area contributed by atoms with Crippen LogP contribution in [0.5, 0.6) is 0 Å². The number of hydrogen-bond acceptors (Lipinski definition) is 8. The van der Waals surface area contributed by atoms with Crippen molar-refractivity contribution >= 4 is 33.1 Å². The van der Waals surface area contributed by atoms with Crippen LogP contribution >= 0.6 is 0 Å². The fourth-order valence-electron chi connectivity index (χ4n) is 3.88. The number of aromatic amines is 1. The first-order valence-corrected chi connectivity index (χ1v) is 13.3. The van der Waals surface area contributed by atoms with Crippen LogP contribution in [-0.2, 0) is 30.7 Å². The van der Waals surface area contributed by atoms with Gasteiger partial charge in [0.05, 0.1) is 29.3 Å². The third-order valence-corrected chi connectivity index (χ3v) is 7.22. The van der Waals surface area contributed by atoms with Gasteiger partial charge >= 0.3 is 12.1 Å². The molecule has 0 bridgehead atoms. The predicted molar refractivity (Wildman–Crippen MR) is 134 cm³/mol. The number of rotatable bonds is 10. The first-order valence-electron chi connectivity index (χ1n) is 11.8. The molecule has 1 N–H and O–H groups in total. The van der Waals surface area contributed by atoms with Crippen LogP contribution in [-0.4, -0.2) is 59.0 Å². The van der Waals surface area contributed by atoms with Crippen LogP contribution in [0.1, 0.15) is 51.2 Å². The molecule has 1 amide bonds. The monoisotopic (exact) mass is 516 g/mol. The fourth-order valence-corrected chi connectivity index (χ4v) is 5.34. The summed E-state index contributed by atoms with van der Waals surface area (Å²) in [5, 5.41) is 0. The SMILES string of the molecule is CCOC(=O)[C@H](CC(C)C)N(C(=O)OCC)S(=O)(=O)c1ccc(Cc2nccc3[nH]c(C)nc23)cc1. The van der Waals surface area contributed by atoms with Crippen LogP contribution < -0.4 is 0 Å². The van der Waals surface area contributed by atoms with E-state index in [4.69, 9.17) is 9.47 Å². The number of sulfonamides is 1. The summed E-state index contributed by atoms with van der Waals surface area (Å²) in [5.74, 6) is -0.111. The van der Waals surface area contributed by atoms with Crippen LogP contribution in [0.2, 0.25) is 0 Å². The number of ether oxygens (including phenoxy) is 2. The normalized spacial score (nSPS) is 12.5. The van der Waals surface area contributed by atoms with Crippen LogP contribution in [0, 0.1) is 12.8 Å². The molecule has 0 aliphatic heterocycles. The van der Waals surface area contributed by atoms with Gasteiger partial charge in [-0.05, 0) is 56.9 Å². The molecule has 1 atom stereocenters. The third-order valence-electron chi connectivity index (χ3n) is 5.43. The lowest BCUT2D eigenvalue weighted by Gasteiger charge is -2.29. The van der Waals surface area contributed by atoms with Crippen LogP contribution in [0.15, 0.2) is 41.4 Å². The van der Waals surface area contributed by atoms with Gasteiger partial charge in [0.2, 0.25) is 0 Å². The Morgan fingerprint density at radius 2 is 1.72 bits per heavy atom. The Morgan fingerprint density at radius 3 is 2.33 bits per heavy atom. The summed E-state index contributed by atoms with van der Waals surface area (Å²) in [7, 11) is -4.43. The molecule has 2 aromatic heterocycles. The van der Waals surface area contributed by atoms with Crippen molar-refractivity contribution in [1.29, 1.82) is 0 Å². The summed E-state index contributed by atoms with van der Waals surface area (Å²) in [4.78, 5) is 37.5. The van der Waals surface area contributed by atoms with Crippen molar-refractivity contribution in [3.8, 4) is 0 Å². The highest BCUT2D eigenvalue weighted by Crippen LogP contribution is 2.25. The molecule has 0 fully saturated rings. The zero-order valence-corrected chi connectivity index (χ0v) is 22.0. The molecule has 0 saturated heterocycles. The lowest BCUT2D eigenvalue weighted by molar-refractivity contribution is -0.147. The van der Waals surface area contributed by atoms with E-state index >= 15 is 0 Å². The maximum atomic E-state index is 13.6. The van der Waals surface area contributed by atoms with Crippen molar-refractivity contribution < 1.29 is 27.5 Å². The molecule has 10 nitrogen and oxygen atoms in total. The number of hydrogen-bond donors (Lipinski definition) is 1. The number of nitrogens with zero attached hydrogens (tertiary/aromatic N) is 3. The maximum absolute atomic E-state index is 13.6. The molecule has 0 saturated carbocycles. The molecule has 36 heavy (non-hydrogen) atoms. The highest BCUT2D eigenvalue weighted by atomic mass is 32.2. The Hall–Kier alpha value is -3.47. The van der Waals surface area contributed by atoms with Gasteiger partial charge in [0.15, 0.2) is 0 Å². The van der Waals surface area contributed by atoms with Gasteiger partial charge in [-0.25, -0.2) is 23.0 Å². The number of H-pyrrole nitrogens is 1. The molecule has 0 unspecified atom stereocenters. The zero-order valence-electron chi connectivity index (χ0n) is 21.1. The molecule has 0 spiro atoms. The van der Waals surface area contributed by atoms with Gasteiger partial charge in [0.25, 0.3) is 10.0 Å². The summed E-state index contributed by atoms with van der Waals surface area (Å²) >= 11 is 0. The Bertz CT molecular complexity index is 1320. The number of aryl methyl sites for hydroxylation is 1. The number of aromatic nitrogens is 3. The summed E-state index contributed by atoms with van der Waals surface area (Å²) < 4.78 is 37.9. The minimum absolute atomic E-state index is 0.0494. The molecule has 3 rings (SSSR count). The summed E-state index contributed by atoms with van der Waals surface area (Å²) in [5.41, 5.74) is 3.18. The second-order valence-corrected chi connectivity index (χ2v) is 10.5. The zero-order chi connectivity index (χ0) is 26.5. The van der Waals surface area contributed by atoms with Crippen LogP contribution in [0.25, 0.3) is 11.0 Å². The van der Waals surface area contributed by atoms with E-state index in [9.17, 15) is 18.0 Å². The predicted octanol–water partition coefficient (Wildman–Crippen LogP) is 3.98. The van der Waals surface area contributed by atoms with Crippen molar-refractivity contribution in [2.24, 2.45) is 5.92 Å². The molecule has 194 valence electrons. The average Bonchev–Trinajstić information content (AvgIpc) is 3.20. The van der Waals surface area contributed by atoms with Crippen molar-refractivity contribution in [2.45, 2.75) is 58.4 Å². The van der Waals surface area contributed by atoms with E-state index in [1.54, 1.807) is 32.2 Å². The highest BCUT2D eigenvalue weighted by molar-refractivity contribution is 7.89. The number of esters is 1. The molecule has 2 heterocycles. The van der Waals surface area contributed by atoms with Gasteiger partial charge in [-0.2, -0.15) is 4.31 Å². The second kappa shape index (κ2) is 11.5. The number of pyridine rings is 1. The van der Waals surface area contributed by atoms with Gasteiger partial charge in [-0.1, -0.05) is 26.0 Å². The number of benzene rings is 1. The van der Waals surface area contributed by atoms with Crippen LogP contribution in [0.4, 0.5) is 4.79 Å². The summed E-state index contributed by atoms with van der Waals surface area (Å²) in [6.07, 6.45) is 1.09. The second-order valence-electron chi connectivity index (χ2n) is 8.69. The Kier molecular flexibility index (Phi) is 8.67. The van der Waals surface area contributed by atoms with E-state index < -0.39 is 28.1 Å². The number of nitrogens with one attached hydrogen (secondary N) is 1. The van der Waals surface area contributed by atoms with E-state index in [1.165, 1.54) is 12.1 Å². The third kappa shape index (κ3) is 6.01. The van der Waals surface area contributed by atoms with Gasteiger partial charge in [-0.15, -0.1) is 0 Å². The summed E-state index contributed by atoms with van der Waals surface area (Å²) in [6, 6.07) is 6.61. The van der Waals surface area contributed by atoms with Crippen molar-refractivity contribution in [3.05, 3.63) is 53.6 Å². The quantitative estimate of drug-likeness (QED) is 0.400. The first-order chi connectivity index (χ1) is 17.1. The fraction of sp³-hybridized carbons (Fsp3) is 0.440. The lowest BCUT2D eigenvalue weighted by Crippen LogP contribution is -2.50. The van der Waals surface area contributed by atoms with Gasteiger partial charge < -0.3 is 14.5 Å². The standard InChI is InChI=1S/C25H32N4O6S/c1-6-34-24(30)22(14-16(3)4)29(25(31)35-7-2)36(32,33)19-10-8-18(9-11-19)15-21-23-20(12-13-26-21)27-17(5)28-23/h8-13,16,22H,6-7,14-15H2,1-5H3,(H,27,28)/t22-/m0/s1. The molecule has 11 heteroatoms. The topological polar surface area (TPSA) is 132 Å². The number of fused-ring (bicyclic) bond motifs is 1. The van der Waals surface area contributed by atoms with E-state index in [0.717, 1.165) is 28.1 Å². The number of carbonyl (C=O) groups excluding carboxylic acids is 2. The van der Waals surface area contributed by atoms with E-state index in [2.05, 4.69) is 15.0 Å². The van der Waals surface area contributed by atoms with E-state index in [-0.39, 0.29) is 30.4 Å². The van der Waals surface area contributed by atoms with Crippen LogP contribution in [0.3, 0.4) is 0 Å². The molecule has 0 aliphatic rings. The summed E-state index contributed by atoms with van der Waals surface area (Å²) in [6.45, 7) is 8.70. The Morgan fingerprint density at radius 1 is 1.06 bits per heavy atom. The van der Waals surface area contributed by atoms with Crippen molar-refractivity contribution in [3.63, 3.8) is 0 Å². The van der Waals surface area contributed by atoms with Gasteiger partial charge in [0.1, 0.15) is 17.4 Å². The first kappa shape index (κ1) is 27.1. The average molecular weight is 517 g/mol. The van der Waals surface area contributed by atoms with Crippen molar-refractivity contribution in [2.75, 3.05) is 13.2 Å². The highest BCUT2D eigenvalue weighted by Gasteiger charge is 2.42. The van der Waals surface area contributed by atoms with Crippen molar-refractivity contribution in [1.82, 2.24) is 19.3 Å². The minimum Gasteiger partial charge on any atom is -0.464 e.